The SMILES string of the molecule is CC1CCCC(C#N)(Cc2ccc(Br)cc2F)C1. The standard InChI is InChI=1S/C15H17BrFN/c1-11-3-2-6-15(8-11,10-18)9-12-4-5-13(16)7-14(12)17/h4-5,7,11H,2-3,6,8-9H2,1H3. The highest BCUT2D eigenvalue weighted by Crippen LogP contribution is 2.41. The number of nitrogens with zero attached hydrogens (tertiary/aromatic N) is 1. The quantitative estimate of drug-likeness (QED) is 0.766. The van der Waals surface area contributed by atoms with Crippen molar-refractivity contribution in [3.8, 4) is 6.07 Å². The Balaban J connectivity index is 2.22. The molecule has 1 fully saturated rings. The van der Waals surface area contributed by atoms with Gasteiger partial charge in [0.2, 0.25) is 0 Å². The van der Waals surface area contributed by atoms with Gasteiger partial charge in [-0.25, -0.2) is 4.39 Å². The molecule has 0 N–H and O–H groups in total. The number of hydrogen-bond acceptors (Lipinski definition) is 1. The molecule has 2 atom stereocenters. The smallest absolute Gasteiger partial charge is 0.127 e. The summed E-state index contributed by atoms with van der Waals surface area (Å²) in [5, 5.41) is 9.48. The predicted octanol–water partition coefficient (Wildman–Crippen LogP) is 4.85. The van der Waals surface area contributed by atoms with E-state index in [4.69, 9.17) is 0 Å². The first-order valence-corrected chi connectivity index (χ1v) is 7.19. The van der Waals surface area contributed by atoms with Crippen LogP contribution in [0.1, 0.15) is 38.2 Å². The largest absolute Gasteiger partial charge is 0.207 e. The summed E-state index contributed by atoms with van der Waals surface area (Å²) in [6, 6.07) is 7.57. The molecule has 1 aromatic carbocycles. The van der Waals surface area contributed by atoms with Gasteiger partial charge in [0.15, 0.2) is 0 Å². The van der Waals surface area contributed by atoms with Crippen molar-refractivity contribution in [1.29, 1.82) is 5.26 Å². The van der Waals surface area contributed by atoms with Gasteiger partial charge in [-0.2, -0.15) is 5.26 Å². The molecule has 1 aromatic rings. The maximum Gasteiger partial charge on any atom is 0.127 e. The number of nitriles is 1. The Hall–Kier alpha value is -0.880. The first kappa shape index (κ1) is 13.5. The van der Waals surface area contributed by atoms with Gasteiger partial charge in [-0.15, -0.1) is 0 Å². The third-order valence-corrected chi connectivity index (χ3v) is 4.37. The molecule has 0 aliphatic heterocycles. The van der Waals surface area contributed by atoms with Crippen LogP contribution < -0.4 is 0 Å². The van der Waals surface area contributed by atoms with E-state index in [2.05, 4.69) is 28.9 Å². The first-order chi connectivity index (χ1) is 8.54. The van der Waals surface area contributed by atoms with E-state index in [1.54, 1.807) is 6.07 Å². The van der Waals surface area contributed by atoms with Gasteiger partial charge in [0.1, 0.15) is 5.82 Å². The Bertz CT molecular complexity index is 480. The Kier molecular flexibility index (Phi) is 4.07. The zero-order valence-corrected chi connectivity index (χ0v) is 12.1. The normalized spacial score (nSPS) is 27.8. The van der Waals surface area contributed by atoms with Crippen LogP contribution in [0.2, 0.25) is 0 Å². The van der Waals surface area contributed by atoms with E-state index in [9.17, 15) is 9.65 Å². The molecule has 1 saturated carbocycles. The molecule has 2 rings (SSSR count). The zero-order valence-electron chi connectivity index (χ0n) is 10.5. The lowest BCUT2D eigenvalue weighted by Gasteiger charge is -2.34. The molecule has 0 saturated heterocycles. The van der Waals surface area contributed by atoms with E-state index in [1.807, 2.05) is 6.07 Å². The molecular formula is C15H17BrFN. The minimum absolute atomic E-state index is 0.211. The molecule has 0 spiro atoms. The van der Waals surface area contributed by atoms with Crippen LogP contribution in [0.5, 0.6) is 0 Å². The molecule has 96 valence electrons. The number of halogens is 2. The average molecular weight is 310 g/mol. The van der Waals surface area contributed by atoms with Gasteiger partial charge < -0.3 is 0 Å². The number of rotatable bonds is 2. The summed E-state index contributed by atoms with van der Waals surface area (Å²) in [7, 11) is 0. The fourth-order valence-corrected chi connectivity index (χ4v) is 3.32. The van der Waals surface area contributed by atoms with Gasteiger partial charge in [0, 0.05) is 4.47 Å². The van der Waals surface area contributed by atoms with Crippen molar-refractivity contribution in [2.24, 2.45) is 11.3 Å². The second-order valence-electron chi connectivity index (χ2n) is 5.51. The first-order valence-electron chi connectivity index (χ1n) is 6.40. The average Bonchev–Trinajstić information content (AvgIpc) is 2.33. The van der Waals surface area contributed by atoms with Crippen LogP contribution in [-0.4, -0.2) is 0 Å². The van der Waals surface area contributed by atoms with E-state index in [0.717, 1.165) is 23.7 Å². The van der Waals surface area contributed by atoms with Crippen LogP contribution in [0.25, 0.3) is 0 Å². The monoisotopic (exact) mass is 309 g/mol. The molecule has 18 heavy (non-hydrogen) atoms. The van der Waals surface area contributed by atoms with Crippen molar-refractivity contribution >= 4 is 15.9 Å². The van der Waals surface area contributed by atoms with Crippen LogP contribution in [0.3, 0.4) is 0 Å². The minimum atomic E-state index is -0.369. The molecule has 0 heterocycles. The molecule has 0 aromatic heterocycles. The fourth-order valence-electron chi connectivity index (χ4n) is 2.99. The lowest BCUT2D eigenvalue weighted by molar-refractivity contribution is 0.208. The molecule has 2 unspecified atom stereocenters. The zero-order chi connectivity index (χ0) is 13.2. The van der Waals surface area contributed by atoms with Crippen LogP contribution in [0, 0.1) is 28.5 Å². The van der Waals surface area contributed by atoms with Crippen molar-refractivity contribution in [2.45, 2.75) is 39.0 Å². The Morgan fingerprint density at radius 1 is 1.56 bits per heavy atom. The number of benzene rings is 1. The molecule has 0 bridgehead atoms. The molecular weight excluding hydrogens is 293 g/mol. The maximum atomic E-state index is 13.9. The lowest BCUT2D eigenvalue weighted by Crippen LogP contribution is -2.29. The fraction of sp³-hybridized carbons (Fsp3) is 0.533. The highest BCUT2D eigenvalue weighted by molar-refractivity contribution is 9.10. The van der Waals surface area contributed by atoms with E-state index in [0.29, 0.717) is 17.9 Å². The summed E-state index contributed by atoms with van der Waals surface area (Å²) in [6.45, 7) is 2.18. The van der Waals surface area contributed by atoms with Gasteiger partial charge in [-0.3, -0.25) is 0 Å². The van der Waals surface area contributed by atoms with Crippen molar-refractivity contribution in [3.05, 3.63) is 34.1 Å². The van der Waals surface area contributed by atoms with Crippen molar-refractivity contribution in [1.82, 2.24) is 0 Å². The van der Waals surface area contributed by atoms with Crippen LogP contribution in [0.4, 0.5) is 4.39 Å². The molecule has 0 radical (unpaired) electrons. The van der Waals surface area contributed by atoms with E-state index < -0.39 is 0 Å². The molecule has 1 nitrogen and oxygen atoms in total. The van der Waals surface area contributed by atoms with Crippen LogP contribution >= 0.6 is 15.9 Å². The summed E-state index contributed by atoms with van der Waals surface area (Å²) >= 11 is 3.26. The Labute approximate surface area is 116 Å². The Morgan fingerprint density at radius 3 is 2.94 bits per heavy atom. The highest BCUT2D eigenvalue weighted by Gasteiger charge is 2.35. The third-order valence-electron chi connectivity index (χ3n) is 3.87. The summed E-state index contributed by atoms with van der Waals surface area (Å²) in [6.07, 6.45) is 4.58. The second-order valence-corrected chi connectivity index (χ2v) is 6.42. The van der Waals surface area contributed by atoms with Gasteiger partial charge >= 0.3 is 0 Å². The van der Waals surface area contributed by atoms with Gasteiger partial charge in [-0.1, -0.05) is 41.8 Å². The van der Waals surface area contributed by atoms with E-state index in [1.165, 1.54) is 12.5 Å². The Morgan fingerprint density at radius 2 is 2.33 bits per heavy atom. The maximum absolute atomic E-state index is 13.9. The predicted molar refractivity (Wildman–Crippen MR) is 73.5 cm³/mol. The molecule has 1 aliphatic rings. The molecule has 3 heteroatoms. The minimum Gasteiger partial charge on any atom is -0.207 e. The van der Waals surface area contributed by atoms with Crippen molar-refractivity contribution in [2.75, 3.05) is 0 Å². The van der Waals surface area contributed by atoms with Crippen LogP contribution in [0.15, 0.2) is 22.7 Å². The summed E-state index contributed by atoms with van der Waals surface area (Å²) < 4.78 is 14.6. The second kappa shape index (κ2) is 5.40. The lowest BCUT2D eigenvalue weighted by atomic mass is 9.68. The summed E-state index contributed by atoms with van der Waals surface area (Å²) in [5.41, 5.74) is 0.292. The summed E-state index contributed by atoms with van der Waals surface area (Å²) in [4.78, 5) is 0. The van der Waals surface area contributed by atoms with Crippen LogP contribution in [-0.2, 0) is 6.42 Å². The molecule has 0 amide bonds. The van der Waals surface area contributed by atoms with Gasteiger partial charge in [0.25, 0.3) is 0 Å². The van der Waals surface area contributed by atoms with Crippen molar-refractivity contribution < 1.29 is 4.39 Å². The molecule has 1 aliphatic carbocycles. The van der Waals surface area contributed by atoms with Crippen molar-refractivity contribution in [3.63, 3.8) is 0 Å². The van der Waals surface area contributed by atoms with E-state index >= 15 is 0 Å². The van der Waals surface area contributed by atoms with E-state index in [-0.39, 0.29) is 11.2 Å². The van der Waals surface area contributed by atoms with Gasteiger partial charge in [-0.05, 0) is 42.9 Å². The summed E-state index contributed by atoms with van der Waals surface area (Å²) in [5.74, 6) is 0.356. The van der Waals surface area contributed by atoms with Gasteiger partial charge in [0.05, 0.1) is 11.5 Å². The third kappa shape index (κ3) is 2.92. The topological polar surface area (TPSA) is 23.8 Å². The highest BCUT2D eigenvalue weighted by atomic mass is 79.9. The number of hydrogen-bond donors (Lipinski definition) is 0.